The molecule has 13 nitrogen and oxygen atoms in total. The predicted octanol–water partition coefficient (Wildman–Crippen LogP) is 10.00. The van der Waals surface area contributed by atoms with Gasteiger partial charge in [0, 0.05) is 125 Å². The second kappa shape index (κ2) is 22.3. The molecule has 0 unspecified atom stereocenters. The smallest absolute Gasteiger partial charge is 0.256 e. The minimum absolute atomic E-state index is 0.0606. The van der Waals surface area contributed by atoms with E-state index in [1.165, 1.54) is 0 Å². The number of carbonyl (C=O) groups is 5. The third kappa shape index (κ3) is 11.3. The van der Waals surface area contributed by atoms with Gasteiger partial charge in [-0.3, -0.25) is 24.0 Å². The normalized spacial score (nSPS) is 15.3. The number of piperazine rings is 2. The van der Waals surface area contributed by atoms with Crippen LogP contribution in [0.2, 0.25) is 0 Å². The zero-order chi connectivity index (χ0) is 50.1. The summed E-state index contributed by atoms with van der Waals surface area (Å²) in [4.78, 5) is 73.9. The van der Waals surface area contributed by atoms with Gasteiger partial charge in [-0.1, -0.05) is 84.9 Å². The van der Waals surface area contributed by atoms with Crippen LogP contribution in [0.25, 0.3) is 55.3 Å². The van der Waals surface area contributed by atoms with Crippen LogP contribution in [0.15, 0.2) is 156 Å². The van der Waals surface area contributed by atoms with Gasteiger partial charge in [-0.2, -0.15) is 0 Å². The van der Waals surface area contributed by atoms with Crippen molar-refractivity contribution in [2.45, 2.75) is 6.42 Å². The van der Waals surface area contributed by atoms with Gasteiger partial charge in [0.15, 0.2) is 0 Å². The maximum atomic E-state index is 12.8. The maximum absolute atomic E-state index is 12.8. The average molecular weight is 1000 g/mol. The van der Waals surface area contributed by atoms with Gasteiger partial charge < -0.3 is 30.2 Å². The molecule has 0 aliphatic carbocycles. The van der Waals surface area contributed by atoms with Crippen molar-refractivity contribution in [1.29, 1.82) is 0 Å². The highest BCUT2D eigenvalue weighted by Gasteiger charge is 2.26. The van der Waals surface area contributed by atoms with Crippen molar-refractivity contribution in [2.24, 2.45) is 0 Å². The molecule has 0 saturated carbocycles. The van der Waals surface area contributed by atoms with Gasteiger partial charge in [0.25, 0.3) is 5.91 Å². The summed E-state index contributed by atoms with van der Waals surface area (Å²) in [6.45, 7) is 6.33. The molecule has 4 aliphatic rings. The van der Waals surface area contributed by atoms with E-state index in [4.69, 9.17) is 9.97 Å². The highest BCUT2D eigenvalue weighted by Crippen LogP contribution is 2.38. The molecule has 2 saturated heterocycles. The number of thiazole rings is 2. The summed E-state index contributed by atoms with van der Waals surface area (Å²) in [5.41, 5.74) is 14.3. The second-order valence-electron chi connectivity index (χ2n) is 17.7. The lowest BCUT2D eigenvalue weighted by atomic mass is 10.0. The minimum Gasteiger partial charge on any atom is -0.368 e. The van der Waals surface area contributed by atoms with Crippen LogP contribution in [-0.4, -0.2) is 103 Å². The van der Waals surface area contributed by atoms with Crippen molar-refractivity contribution in [3.63, 3.8) is 0 Å². The molecule has 2 fully saturated rings. The molecule has 2 N–H and O–H groups in total. The Morgan fingerprint density at radius 1 is 0.493 bits per heavy atom. The number of benzene rings is 6. The number of fused-ring (bicyclic) bond motifs is 2. The van der Waals surface area contributed by atoms with E-state index in [1.54, 1.807) is 32.5 Å². The van der Waals surface area contributed by atoms with Crippen molar-refractivity contribution in [2.75, 3.05) is 72.8 Å². The van der Waals surface area contributed by atoms with Gasteiger partial charge in [0.05, 0.1) is 17.8 Å². The predicted molar refractivity (Wildman–Crippen MR) is 293 cm³/mol. The summed E-state index contributed by atoms with van der Waals surface area (Å²) in [7, 11) is 0. The Balaban J connectivity index is 0.000000139. The van der Waals surface area contributed by atoms with Gasteiger partial charge in [0.2, 0.25) is 18.7 Å². The molecule has 15 heteroatoms. The molecule has 0 spiro atoms. The summed E-state index contributed by atoms with van der Waals surface area (Å²) < 4.78 is 0. The SMILES string of the molecule is O=C1Cc2cc(-c3csc(-c4ccccc4)n3)ccc2N1.O=CN1CCN(c2ccc(/C=C3\C(=O)Nc4ccc(-c5csc(-c6ccccc6)n5)cc43)cc2)CC1.O=Cc1ccc(N2CCN(C=O)CC2)cc1. The first-order chi connectivity index (χ1) is 35.8. The molecule has 2 aromatic heterocycles. The Morgan fingerprint density at radius 3 is 1.49 bits per heavy atom. The molecule has 0 bridgehead atoms. The largest absolute Gasteiger partial charge is 0.368 e. The van der Waals surface area contributed by atoms with Crippen molar-refractivity contribution >= 4 is 88.0 Å². The fourth-order valence-corrected chi connectivity index (χ4v) is 10.7. The van der Waals surface area contributed by atoms with Crippen molar-refractivity contribution < 1.29 is 24.0 Å². The van der Waals surface area contributed by atoms with Crippen LogP contribution in [0.1, 0.15) is 27.0 Å². The summed E-state index contributed by atoms with van der Waals surface area (Å²) in [6, 6.07) is 48.1. The fraction of sp³-hybridized carbons (Fsp3) is 0.155. The Labute approximate surface area is 431 Å². The minimum atomic E-state index is -0.0977. The molecule has 4 aliphatic heterocycles. The van der Waals surface area contributed by atoms with Crippen LogP contribution in [0.4, 0.5) is 22.7 Å². The number of hydrogen-bond acceptors (Lipinski definition) is 11. The van der Waals surface area contributed by atoms with Crippen molar-refractivity contribution in [3.05, 3.63) is 179 Å². The molecule has 6 heterocycles. The Kier molecular flexibility index (Phi) is 14.7. The Morgan fingerprint density at radius 2 is 0.986 bits per heavy atom. The summed E-state index contributed by atoms with van der Waals surface area (Å²) >= 11 is 3.25. The highest BCUT2D eigenvalue weighted by atomic mass is 32.1. The van der Waals surface area contributed by atoms with Crippen LogP contribution in [0.3, 0.4) is 0 Å². The number of carbonyl (C=O) groups excluding carboxylic acids is 5. The van der Waals surface area contributed by atoms with E-state index in [2.05, 4.69) is 73.7 Å². The number of nitrogens with zero attached hydrogens (tertiary/aromatic N) is 6. The van der Waals surface area contributed by atoms with E-state index in [9.17, 15) is 24.0 Å². The van der Waals surface area contributed by atoms with E-state index in [0.29, 0.717) is 17.6 Å². The number of aromatic nitrogens is 2. The first-order valence-corrected chi connectivity index (χ1v) is 25.7. The maximum Gasteiger partial charge on any atom is 0.256 e. The molecule has 4 amide bonds. The highest BCUT2D eigenvalue weighted by molar-refractivity contribution is 7.13. The Bertz CT molecular complexity index is 3290. The van der Waals surface area contributed by atoms with Gasteiger partial charge in [-0.05, 0) is 77.9 Å². The third-order valence-corrected chi connectivity index (χ3v) is 14.8. The number of amides is 4. The van der Waals surface area contributed by atoms with E-state index in [0.717, 1.165) is 155 Å². The van der Waals surface area contributed by atoms with Crippen LogP contribution in [-0.2, 0) is 25.6 Å². The van der Waals surface area contributed by atoms with Crippen LogP contribution in [0, 0.1) is 0 Å². The van der Waals surface area contributed by atoms with E-state index >= 15 is 0 Å². The molecule has 73 heavy (non-hydrogen) atoms. The van der Waals surface area contributed by atoms with Gasteiger partial charge in [-0.15, -0.1) is 22.7 Å². The van der Waals surface area contributed by atoms with E-state index < -0.39 is 0 Å². The lowest BCUT2D eigenvalue weighted by Gasteiger charge is -2.34. The fourth-order valence-electron chi connectivity index (χ4n) is 9.00. The molecule has 0 atom stereocenters. The van der Waals surface area contributed by atoms with Crippen molar-refractivity contribution in [1.82, 2.24) is 19.8 Å². The summed E-state index contributed by atoms with van der Waals surface area (Å²) in [6.07, 6.45) is 5.05. The molecule has 364 valence electrons. The molecular weight excluding hydrogens is 953 g/mol. The quantitative estimate of drug-likeness (QED) is 0.101. The number of anilines is 4. The van der Waals surface area contributed by atoms with Crippen LogP contribution < -0.4 is 20.4 Å². The van der Waals surface area contributed by atoms with Gasteiger partial charge in [-0.25, -0.2) is 9.97 Å². The number of rotatable bonds is 10. The van der Waals surface area contributed by atoms with E-state index in [-0.39, 0.29) is 11.8 Å². The Hall–Kier alpha value is -8.53. The number of hydrogen-bond donors (Lipinski definition) is 2. The van der Waals surface area contributed by atoms with E-state index in [1.807, 2.05) is 109 Å². The van der Waals surface area contributed by atoms with Gasteiger partial charge in [0.1, 0.15) is 16.3 Å². The molecule has 12 rings (SSSR count). The standard InChI is InChI=1S/C29H24N4O2S.C17H12N2OS.C12H14N2O2/c34-19-32-12-14-33(15-13-32)23-9-6-20(7-10-23)16-25-24-17-22(8-11-26(24)30-28(25)35)27-18-36-29(31-27)21-4-2-1-3-5-21;20-16-9-13-8-12(6-7-14(13)18-16)15-10-21-17(19-15)11-4-2-1-3-5-11;15-9-11-1-3-12(4-2-11)14-7-5-13(10-16)6-8-14/h1-11,16-19H,12-15H2,(H,30,35);1-8,10H,9H2,(H,18,20);1-4,9-10H,5-8H2/b25-16-;;. The third-order valence-electron chi connectivity index (χ3n) is 13.1. The zero-order valence-electron chi connectivity index (χ0n) is 39.7. The molecule has 0 radical (unpaired) electrons. The van der Waals surface area contributed by atoms with Gasteiger partial charge >= 0.3 is 0 Å². The molecule has 8 aromatic rings. The average Bonchev–Trinajstić information content (AvgIpc) is 4.29. The lowest BCUT2D eigenvalue weighted by molar-refractivity contribution is -0.119. The summed E-state index contributed by atoms with van der Waals surface area (Å²) in [5.74, 6) is -0.0372. The van der Waals surface area contributed by atoms with Crippen LogP contribution in [0.5, 0.6) is 0 Å². The van der Waals surface area contributed by atoms with Crippen molar-refractivity contribution in [3.8, 4) is 43.7 Å². The van der Waals surface area contributed by atoms with Crippen LogP contribution >= 0.6 is 22.7 Å². The molecule has 6 aromatic carbocycles. The number of nitrogens with one attached hydrogen (secondary N) is 2. The summed E-state index contributed by atoms with van der Waals surface area (Å²) in [5, 5.41) is 11.9. The zero-order valence-corrected chi connectivity index (χ0v) is 41.4. The monoisotopic (exact) mass is 1000 g/mol. The molecular formula is C58H50N8O5S2. The topological polar surface area (TPSA) is 148 Å². The lowest BCUT2D eigenvalue weighted by Crippen LogP contribution is -2.45. The first kappa shape index (κ1) is 48.1. The second-order valence-corrected chi connectivity index (χ2v) is 19.5. The number of aldehydes is 1. The first-order valence-electron chi connectivity index (χ1n) is 24.0.